The molecule has 2 aliphatic carbocycles. The number of nitrogens with zero attached hydrogens (tertiary/aromatic N) is 1. The maximum atomic E-state index is 13.5. The Morgan fingerprint density at radius 2 is 2.15 bits per heavy atom. The number of amides is 2. The van der Waals surface area contributed by atoms with Crippen LogP contribution >= 0.6 is 0 Å². The van der Waals surface area contributed by atoms with E-state index in [0.29, 0.717) is 12.5 Å². The summed E-state index contributed by atoms with van der Waals surface area (Å²) in [6.45, 7) is 0.455. The second-order valence-electron chi connectivity index (χ2n) is 9.26. The van der Waals surface area contributed by atoms with Gasteiger partial charge in [0.15, 0.2) is 0 Å². The van der Waals surface area contributed by atoms with Crippen LogP contribution in [0.15, 0.2) is 48.7 Å². The molecule has 2 aromatic rings. The SMILES string of the molecule is O=C(O)NC1CC[C@@H]2[C@@H](C1)CC1(CNC(=O)O1)[C@H]2C=Cc1ccc(-c2cccc(F)c2)cn1. The number of pyridine rings is 1. The van der Waals surface area contributed by atoms with Gasteiger partial charge in [-0.3, -0.25) is 4.98 Å². The Morgan fingerprint density at radius 3 is 2.85 bits per heavy atom. The van der Waals surface area contributed by atoms with Crippen LogP contribution in [0.25, 0.3) is 17.2 Å². The van der Waals surface area contributed by atoms with Crippen LogP contribution in [0.3, 0.4) is 0 Å². The normalized spacial score (nSPS) is 30.8. The molecule has 3 fully saturated rings. The molecule has 2 saturated carbocycles. The van der Waals surface area contributed by atoms with Crippen molar-refractivity contribution in [3.05, 3.63) is 60.2 Å². The average Bonchev–Trinajstić information content (AvgIpc) is 3.30. The molecular weight excluding hydrogens is 425 g/mol. The van der Waals surface area contributed by atoms with E-state index in [4.69, 9.17) is 9.84 Å². The van der Waals surface area contributed by atoms with Gasteiger partial charge in [0.1, 0.15) is 11.4 Å². The lowest BCUT2D eigenvalue weighted by molar-refractivity contribution is 0.0321. The van der Waals surface area contributed by atoms with Gasteiger partial charge in [-0.05, 0) is 67.4 Å². The molecule has 0 radical (unpaired) electrons. The highest BCUT2D eigenvalue weighted by Gasteiger charge is 2.58. The molecule has 172 valence electrons. The topological polar surface area (TPSA) is 101 Å². The average molecular weight is 451 g/mol. The molecule has 1 aromatic carbocycles. The number of halogens is 1. The van der Waals surface area contributed by atoms with E-state index in [9.17, 15) is 14.0 Å². The Labute approximate surface area is 191 Å². The van der Waals surface area contributed by atoms with Crippen molar-refractivity contribution in [3.63, 3.8) is 0 Å². The molecule has 1 saturated heterocycles. The summed E-state index contributed by atoms with van der Waals surface area (Å²) in [5.41, 5.74) is 1.77. The van der Waals surface area contributed by atoms with E-state index < -0.39 is 17.8 Å². The zero-order valence-electron chi connectivity index (χ0n) is 18.0. The number of carbonyl (C=O) groups is 2. The Balaban J connectivity index is 1.35. The smallest absolute Gasteiger partial charge is 0.407 e. The van der Waals surface area contributed by atoms with Crippen LogP contribution in [0.2, 0.25) is 0 Å². The standard InChI is InChI=1S/C25H26FN3O4/c26-18-3-1-2-15(10-18)16-4-5-19(27-13-16)7-9-22-21-8-6-20(29-23(30)31)11-17(21)12-25(22)14-28-24(32)33-25/h1-5,7,9-10,13,17,20-22,29H,6,8,11-12,14H2,(H,28,32)(H,30,31)/t17-,20?,21+,22-,25?/m0/s1. The molecule has 5 rings (SSSR count). The fourth-order valence-electron chi connectivity index (χ4n) is 5.91. The van der Waals surface area contributed by atoms with Gasteiger partial charge in [0, 0.05) is 23.7 Å². The first-order valence-electron chi connectivity index (χ1n) is 11.3. The maximum absolute atomic E-state index is 13.5. The summed E-state index contributed by atoms with van der Waals surface area (Å²) in [4.78, 5) is 27.5. The van der Waals surface area contributed by atoms with E-state index >= 15 is 0 Å². The first kappa shape index (κ1) is 21.4. The summed E-state index contributed by atoms with van der Waals surface area (Å²) >= 11 is 0. The highest BCUT2D eigenvalue weighted by molar-refractivity contribution is 5.71. The van der Waals surface area contributed by atoms with Gasteiger partial charge in [0.25, 0.3) is 0 Å². The zero-order chi connectivity index (χ0) is 23.0. The van der Waals surface area contributed by atoms with Gasteiger partial charge in [-0.25, -0.2) is 14.0 Å². The van der Waals surface area contributed by atoms with Gasteiger partial charge >= 0.3 is 12.2 Å². The van der Waals surface area contributed by atoms with Crippen LogP contribution in [0.4, 0.5) is 14.0 Å². The van der Waals surface area contributed by atoms with Gasteiger partial charge in [-0.1, -0.05) is 24.3 Å². The first-order valence-corrected chi connectivity index (χ1v) is 11.3. The van der Waals surface area contributed by atoms with Gasteiger partial charge in [-0.15, -0.1) is 0 Å². The van der Waals surface area contributed by atoms with Crippen molar-refractivity contribution in [2.75, 3.05) is 6.54 Å². The lowest BCUT2D eigenvalue weighted by Crippen LogP contribution is -2.40. The van der Waals surface area contributed by atoms with Gasteiger partial charge in [0.05, 0.1) is 12.2 Å². The van der Waals surface area contributed by atoms with Crippen molar-refractivity contribution < 1.29 is 23.8 Å². The minimum Gasteiger partial charge on any atom is -0.465 e. The molecule has 1 aromatic heterocycles. The number of benzene rings is 1. The fraction of sp³-hybridized carbons (Fsp3) is 0.400. The Morgan fingerprint density at radius 1 is 1.27 bits per heavy atom. The lowest BCUT2D eigenvalue weighted by Gasteiger charge is -2.34. The fourth-order valence-corrected chi connectivity index (χ4v) is 5.91. The summed E-state index contributed by atoms with van der Waals surface area (Å²) in [6.07, 6.45) is 7.50. The van der Waals surface area contributed by atoms with E-state index in [1.54, 1.807) is 12.3 Å². The molecular formula is C25H26FN3O4. The number of ether oxygens (including phenoxy) is 1. The Bertz CT molecular complexity index is 1090. The van der Waals surface area contributed by atoms with E-state index in [0.717, 1.165) is 42.5 Å². The summed E-state index contributed by atoms with van der Waals surface area (Å²) in [5.74, 6) is 0.330. The monoisotopic (exact) mass is 451 g/mol. The van der Waals surface area contributed by atoms with E-state index in [2.05, 4.69) is 21.7 Å². The summed E-state index contributed by atoms with van der Waals surface area (Å²) in [6, 6.07) is 10.1. The van der Waals surface area contributed by atoms with E-state index in [-0.39, 0.29) is 23.7 Å². The van der Waals surface area contributed by atoms with Crippen LogP contribution in [-0.4, -0.2) is 40.5 Å². The number of hydrogen-bond acceptors (Lipinski definition) is 4. The minimum atomic E-state index is -0.996. The van der Waals surface area contributed by atoms with Crippen molar-refractivity contribution in [1.82, 2.24) is 15.6 Å². The molecule has 5 atom stereocenters. The van der Waals surface area contributed by atoms with Crippen molar-refractivity contribution >= 4 is 18.3 Å². The third-order valence-corrected chi connectivity index (χ3v) is 7.29. The van der Waals surface area contributed by atoms with Crippen LogP contribution in [0.5, 0.6) is 0 Å². The molecule has 8 heteroatoms. The quantitative estimate of drug-likeness (QED) is 0.638. The number of fused-ring (bicyclic) bond motifs is 1. The van der Waals surface area contributed by atoms with Crippen LogP contribution in [0, 0.1) is 23.6 Å². The number of nitrogens with one attached hydrogen (secondary N) is 2. The predicted octanol–water partition coefficient (Wildman–Crippen LogP) is 4.45. The second-order valence-corrected chi connectivity index (χ2v) is 9.26. The predicted molar refractivity (Wildman–Crippen MR) is 120 cm³/mol. The van der Waals surface area contributed by atoms with Crippen molar-refractivity contribution in [3.8, 4) is 11.1 Å². The molecule has 2 heterocycles. The van der Waals surface area contributed by atoms with Gasteiger partial charge in [-0.2, -0.15) is 0 Å². The number of carboxylic acid groups (broad SMARTS) is 1. The van der Waals surface area contributed by atoms with Crippen molar-refractivity contribution in [2.45, 2.75) is 37.3 Å². The molecule has 2 unspecified atom stereocenters. The van der Waals surface area contributed by atoms with Crippen LogP contribution in [0.1, 0.15) is 31.4 Å². The Hall–Kier alpha value is -3.42. The molecule has 2 amide bonds. The highest BCUT2D eigenvalue weighted by atomic mass is 19.1. The number of carbonyl (C=O) groups excluding carboxylic acids is 1. The van der Waals surface area contributed by atoms with Gasteiger partial charge < -0.3 is 20.5 Å². The van der Waals surface area contributed by atoms with Crippen LogP contribution < -0.4 is 10.6 Å². The third kappa shape index (κ3) is 4.29. The number of hydrogen-bond donors (Lipinski definition) is 3. The molecule has 7 nitrogen and oxygen atoms in total. The minimum absolute atomic E-state index is 0.0249. The molecule has 3 aliphatic rings. The number of aromatic nitrogens is 1. The summed E-state index contributed by atoms with van der Waals surface area (Å²) in [7, 11) is 0. The molecule has 1 spiro atoms. The highest BCUT2D eigenvalue weighted by Crippen LogP contribution is 2.54. The number of alkyl carbamates (subject to hydrolysis) is 1. The molecule has 3 N–H and O–H groups in total. The second kappa shape index (κ2) is 8.50. The lowest BCUT2D eigenvalue weighted by atomic mass is 9.75. The number of rotatable bonds is 4. The largest absolute Gasteiger partial charge is 0.465 e. The third-order valence-electron chi connectivity index (χ3n) is 7.29. The maximum Gasteiger partial charge on any atom is 0.407 e. The summed E-state index contributed by atoms with van der Waals surface area (Å²) < 4.78 is 19.3. The van der Waals surface area contributed by atoms with Crippen molar-refractivity contribution in [1.29, 1.82) is 0 Å². The van der Waals surface area contributed by atoms with E-state index in [1.165, 1.54) is 12.1 Å². The van der Waals surface area contributed by atoms with Crippen LogP contribution in [-0.2, 0) is 4.74 Å². The van der Waals surface area contributed by atoms with Gasteiger partial charge in [0.2, 0.25) is 0 Å². The first-order chi connectivity index (χ1) is 15.9. The summed E-state index contributed by atoms with van der Waals surface area (Å²) in [5, 5.41) is 14.5. The molecule has 0 bridgehead atoms. The zero-order valence-corrected chi connectivity index (χ0v) is 18.0. The molecule has 1 aliphatic heterocycles. The molecule has 33 heavy (non-hydrogen) atoms. The van der Waals surface area contributed by atoms with E-state index in [1.807, 2.05) is 24.3 Å². The van der Waals surface area contributed by atoms with Crippen molar-refractivity contribution in [2.24, 2.45) is 17.8 Å². The Kier molecular flexibility index (Phi) is 5.52.